The largest absolute Gasteiger partial charge is 0.477 e. The van der Waals surface area contributed by atoms with Crippen LogP contribution >= 0.6 is 22.7 Å². The molecule has 1 unspecified atom stereocenters. The van der Waals surface area contributed by atoms with Crippen LogP contribution in [-0.4, -0.2) is 16.1 Å². The number of thiophene rings is 1. The Labute approximate surface area is 107 Å². The molecule has 2 heterocycles. The third-order valence-corrected chi connectivity index (χ3v) is 4.43. The molecule has 90 valence electrons. The molecular formula is C11H12N2O2S2. The SMILES string of the molecule is Cc1nc(NC(C)c2cccs2)sc1C(=O)O. The van der Waals surface area contributed by atoms with Gasteiger partial charge >= 0.3 is 5.97 Å². The zero-order valence-corrected chi connectivity index (χ0v) is 11.1. The normalized spacial score (nSPS) is 12.4. The number of nitrogens with zero attached hydrogens (tertiary/aromatic N) is 1. The predicted octanol–water partition coefficient (Wildman–Crippen LogP) is 3.38. The Morgan fingerprint density at radius 2 is 2.35 bits per heavy atom. The van der Waals surface area contributed by atoms with Crippen LogP contribution in [0.25, 0.3) is 0 Å². The fourth-order valence-corrected chi connectivity index (χ4v) is 3.08. The summed E-state index contributed by atoms with van der Waals surface area (Å²) in [4.78, 5) is 16.6. The molecule has 0 spiro atoms. The van der Waals surface area contributed by atoms with Gasteiger partial charge < -0.3 is 10.4 Å². The van der Waals surface area contributed by atoms with E-state index in [1.807, 2.05) is 24.4 Å². The number of aromatic nitrogens is 1. The molecule has 0 saturated carbocycles. The van der Waals surface area contributed by atoms with Crippen molar-refractivity contribution in [3.05, 3.63) is 33.0 Å². The molecule has 17 heavy (non-hydrogen) atoms. The van der Waals surface area contributed by atoms with Crippen LogP contribution in [0.1, 0.15) is 33.2 Å². The monoisotopic (exact) mass is 268 g/mol. The van der Waals surface area contributed by atoms with E-state index in [9.17, 15) is 4.79 Å². The van der Waals surface area contributed by atoms with Crippen LogP contribution in [-0.2, 0) is 0 Å². The van der Waals surface area contributed by atoms with Gasteiger partial charge in [0.25, 0.3) is 0 Å². The Morgan fingerprint density at radius 3 is 2.88 bits per heavy atom. The van der Waals surface area contributed by atoms with E-state index < -0.39 is 5.97 Å². The van der Waals surface area contributed by atoms with Crippen molar-refractivity contribution in [1.82, 2.24) is 4.98 Å². The van der Waals surface area contributed by atoms with Crippen LogP contribution in [0.15, 0.2) is 17.5 Å². The smallest absolute Gasteiger partial charge is 0.347 e. The van der Waals surface area contributed by atoms with Crippen molar-refractivity contribution in [3.63, 3.8) is 0 Å². The molecule has 2 N–H and O–H groups in total. The quantitative estimate of drug-likeness (QED) is 0.892. The van der Waals surface area contributed by atoms with Gasteiger partial charge in [0.2, 0.25) is 0 Å². The van der Waals surface area contributed by atoms with E-state index in [-0.39, 0.29) is 6.04 Å². The standard InChI is InChI=1S/C11H12N2O2S2/c1-6(8-4-3-5-16-8)12-11-13-7(2)9(17-11)10(14)15/h3-6H,1-2H3,(H,12,13)(H,14,15). The topological polar surface area (TPSA) is 62.2 Å². The summed E-state index contributed by atoms with van der Waals surface area (Å²) in [7, 11) is 0. The number of carboxylic acid groups (broad SMARTS) is 1. The number of nitrogens with one attached hydrogen (secondary N) is 1. The first-order valence-corrected chi connectivity index (χ1v) is 6.78. The van der Waals surface area contributed by atoms with Gasteiger partial charge in [-0.1, -0.05) is 17.4 Å². The zero-order valence-electron chi connectivity index (χ0n) is 9.43. The first-order valence-electron chi connectivity index (χ1n) is 5.08. The molecule has 0 fully saturated rings. The highest BCUT2D eigenvalue weighted by molar-refractivity contribution is 7.17. The Kier molecular flexibility index (Phi) is 3.44. The molecule has 0 aliphatic rings. The van der Waals surface area contributed by atoms with Crippen molar-refractivity contribution in [2.75, 3.05) is 5.32 Å². The van der Waals surface area contributed by atoms with Gasteiger partial charge in [0.15, 0.2) is 5.13 Å². The minimum Gasteiger partial charge on any atom is -0.477 e. The Morgan fingerprint density at radius 1 is 1.59 bits per heavy atom. The van der Waals surface area contributed by atoms with Crippen molar-refractivity contribution in [1.29, 1.82) is 0 Å². The minimum absolute atomic E-state index is 0.141. The molecule has 0 aliphatic heterocycles. The number of carbonyl (C=O) groups is 1. The van der Waals surface area contributed by atoms with E-state index in [0.29, 0.717) is 15.7 Å². The highest BCUT2D eigenvalue weighted by Crippen LogP contribution is 2.27. The van der Waals surface area contributed by atoms with E-state index in [2.05, 4.69) is 10.3 Å². The first kappa shape index (κ1) is 12.1. The van der Waals surface area contributed by atoms with Crippen LogP contribution in [0.5, 0.6) is 0 Å². The van der Waals surface area contributed by atoms with Gasteiger partial charge in [-0.05, 0) is 25.3 Å². The van der Waals surface area contributed by atoms with Gasteiger partial charge in [-0.3, -0.25) is 0 Å². The second kappa shape index (κ2) is 4.85. The second-order valence-corrected chi connectivity index (χ2v) is 5.60. The Hall–Kier alpha value is -1.40. The van der Waals surface area contributed by atoms with Crippen LogP contribution < -0.4 is 5.32 Å². The lowest BCUT2D eigenvalue weighted by atomic mass is 10.3. The van der Waals surface area contributed by atoms with Crippen LogP contribution in [0.3, 0.4) is 0 Å². The van der Waals surface area contributed by atoms with E-state index in [0.717, 1.165) is 0 Å². The lowest BCUT2D eigenvalue weighted by molar-refractivity contribution is 0.0701. The molecule has 0 aliphatic carbocycles. The number of thiazole rings is 1. The molecule has 4 nitrogen and oxygen atoms in total. The fraction of sp³-hybridized carbons (Fsp3) is 0.273. The van der Waals surface area contributed by atoms with Crippen molar-refractivity contribution < 1.29 is 9.90 Å². The number of aromatic carboxylic acids is 1. The van der Waals surface area contributed by atoms with E-state index in [1.165, 1.54) is 16.2 Å². The van der Waals surface area contributed by atoms with Crippen LogP contribution in [0.2, 0.25) is 0 Å². The van der Waals surface area contributed by atoms with Crippen LogP contribution in [0.4, 0.5) is 5.13 Å². The van der Waals surface area contributed by atoms with E-state index in [1.54, 1.807) is 18.3 Å². The van der Waals surface area contributed by atoms with Gasteiger partial charge in [-0.2, -0.15) is 0 Å². The maximum atomic E-state index is 10.9. The minimum atomic E-state index is -0.920. The lowest BCUT2D eigenvalue weighted by Crippen LogP contribution is -2.04. The number of hydrogen-bond donors (Lipinski definition) is 2. The van der Waals surface area contributed by atoms with Gasteiger partial charge in [-0.25, -0.2) is 9.78 Å². The molecule has 6 heteroatoms. The maximum absolute atomic E-state index is 10.9. The Balaban J connectivity index is 2.14. The molecular weight excluding hydrogens is 256 g/mol. The summed E-state index contributed by atoms with van der Waals surface area (Å²) in [5, 5.41) is 14.8. The third-order valence-electron chi connectivity index (χ3n) is 2.30. The molecule has 0 aromatic carbocycles. The number of anilines is 1. The first-order chi connectivity index (χ1) is 8.08. The third kappa shape index (κ3) is 2.65. The summed E-state index contributed by atoms with van der Waals surface area (Å²) >= 11 is 2.84. The number of rotatable bonds is 4. The fourth-order valence-electron chi connectivity index (χ4n) is 1.45. The maximum Gasteiger partial charge on any atom is 0.347 e. The van der Waals surface area contributed by atoms with Gasteiger partial charge in [-0.15, -0.1) is 11.3 Å². The Bertz CT molecular complexity index is 520. The highest BCUT2D eigenvalue weighted by Gasteiger charge is 2.15. The van der Waals surface area contributed by atoms with E-state index in [4.69, 9.17) is 5.11 Å². The second-order valence-electron chi connectivity index (χ2n) is 3.62. The van der Waals surface area contributed by atoms with Crippen molar-refractivity contribution in [2.24, 2.45) is 0 Å². The summed E-state index contributed by atoms with van der Waals surface area (Å²) in [6, 6.07) is 4.18. The van der Waals surface area contributed by atoms with Gasteiger partial charge in [0, 0.05) is 4.88 Å². The van der Waals surface area contributed by atoms with Crippen LogP contribution in [0, 0.1) is 6.92 Å². The highest BCUT2D eigenvalue weighted by atomic mass is 32.1. The molecule has 0 bridgehead atoms. The summed E-state index contributed by atoms with van der Waals surface area (Å²) in [5.41, 5.74) is 0.559. The van der Waals surface area contributed by atoms with E-state index >= 15 is 0 Å². The summed E-state index contributed by atoms with van der Waals surface area (Å²) in [6.07, 6.45) is 0. The number of carboxylic acids is 1. The van der Waals surface area contributed by atoms with Gasteiger partial charge in [0.1, 0.15) is 4.88 Å². The summed E-state index contributed by atoms with van der Waals surface area (Å²) < 4.78 is 0. The average molecular weight is 268 g/mol. The zero-order chi connectivity index (χ0) is 12.4. The van der Waals surface area contributed by atoms with Crippen molar-refractivity contribution in [3.8, 4) is 0 Å². The molecule has 2 rings (SSSR count). The average Bonchev–Trinajstić information content (AvgIpc) is 2.86. The predicted molar refractivity (Wildman–Crippen MR) is 70.2 cm³/mol. The summed E-state index contributed by atoms with van der Waals surface area (Å²) in [6.45, 7) is 3.74. The number of hydrogen-bond acceptors (Lipinski definition) is 5. The lowest BCUT2D eigenvalue weighted by Gasteiger charge is -2.09. The molecule has 2 aromatic heterocycles. The summed E-state index contributed by atoms with van der Waals surface area (Å²) in [5.74, 6) is -0.920. The van der Waals surface area contributed by atoms with Crippen molar-refractivity contribution in [2.45, 2.75) is 19.9 Å². The molecule has 0 saturated heterocycles. The molecule has 0 amide bonds. The van der Waals surface area contributed by atoms with Gasteiger partial charge in [0.05, 0.1) is 11.7 Å². The molecule has 0 radical (unpaired) electrons. The molecule has 2 aromatic rings. The number of aryl methyl sites for hydroxylation is 1. The van der Waals surface area contributed by atoms with Crippen molar-refractivity contribution >= 4 is 33.8 Å². The molecule has 1 atom stereocenters.